The molecule has 0 radical (unpaired) electrons. The summed E-state index contributed by atoms with van der Waals surface area (Å²) >= 11 is 0. The van der Waals surface area contributed by atoms with Gasteiger partial charge < -0.3 is 20.5 Å². The number of carbonyl (C=O) groups is 2. The normalized spacial score (nSPS) is 17.7. The van der Waals surface area contributed by atoms with Crippen LogP contribution in [0.15, 0.2) is 24.3 Å². The fraction of sp³-hybridized carbons (Fsp3) is 0.529. The molecule has 3 N–H and O–H groups in total. The highest BCUT2D eigenvalue weighted by Crippen LogP contribution is 2.17. The van der Waals surface area contributed by atoms with E-state index in [9.17, 15) is 14.7 Å². The second-order valence-electron chi connectivity index (χ2n) is 6.02. The zero-order valence-electron chi connectivity index (χ0n) is 13.4. The van der Waals surface area contributed by atoms with Crippen LogP contribution in [0, 0.1) is 5.92 Å². The van der Waals surface area contributed by atoms with Crippen molar-refractivity contribution in [2.24, 2.45) is 11.7 Å². The highest BCUT2D eigenvalue weighted by atomic mass is 16.5. The summed E-state index contributed by atoms with van der Waals surface area (Å²) in [5.41, 5.74) is 5.94. The van der Waals surface area contributed by atoms with Crippen molar-refractivity contribution in [2.75, 3.05) is 26.2 Å². The van der Waals surface area contributed by atoms with E-state index in [4.69, 9.17) is 10.5 Å². The van der Waals surface area contributed by atoms with Gasteiger partial charge in [-0.3, -0.25) is 9.59 Å². The van der Waals surface area contributed by atoms with Gasteiger partial charge in [-0.2, -0.15) is 0 Å². The Bertz CT molecular complexity index is 536. The Morgan fingerprint density at radius 2 is 1.91 bits per heavy atom. The smallest absolute Gasteiger partial charge is 0.220 e. The number of ether oxygens (including phenoxy) is 1. The van der Waals surface area contributed by atoms with Crippen LogP contribution < -0.4 is 10.5 Å². The molecule has 23 heavy (non-hydrogen) atoms. The van der Waals surface area contributed by atoms with Crippen LogP contribution in [0.5, 0.6) is 5.75 Å². The van der Waals surface area contributed by atoms with Gasteiger partial charge in [0.05, 0.1) is 0 Å². The van der Waals surface area contributed by atoms with Gasteiger partial charge in [-0.25, -0.2) is 0 Å². The molecule has 1 amide bonds. The summed E-state index contributed by atoms with van der Waals surface area (Å²) in [5.74, 6) is 0.361. The number of aliphatic hydroxyl groups excluding tert-OH is 1. The highest BCUT2D eigenvalue weighted by molar-refractivity contribution is 5.94. The molecule has 0 aliphatic carbocycles. The van der Waals surface area contributed by atoms with Crippen molar-refractivity contribution in [1.82, 2.24) is 4.90 Å². The second kappa shape index (κ2) is 8.08. The maximum absolute atomic E-state index is 11.2. The van der Waals surface area contributed by atoms with Gasteiger partial charge in [-0.15, -0.1) is 0 Å². The van der Waals surface area contributed by atoms with E-state index in [-0.39, 0.29) is 24.2 Å². The number of nitrogens with zero attached hydrogens (tertiary/aromatic N) is 1. The lowest BCUT2D eigenvalue weighted by atomic mass is 9.96. The third-order valence-electron chi connectivity index (χ3n) is 4.16. The molecule has 126 valence electrons. The van der Waals surface area contributed by atoms with Crippen molar-refractivity contribution in [1.29, 1.82) is 0 Å². The average molecular weight is 320 g/mol. The monoisotopic (exact) mass is 320 g/mol. The standard InChI is InChI=1S/C17H24N2O4/c1-12(20)13-2-4-16(5-3-13)23-11-15(21)10-19-8-6-14(7-9-19)17(18)22/h2-5,14-15,21H,6-11H2,1H3,(H2,18,22)/t15-/m0/s1. The predicted molar refractivity (Wildman–Crippen MR) is 86.3 cm³/mol. The molecule has 1 atom stereocenters. The molecule has 0 spiro atoms. The maximum Gasteiger partial charge on any atom is 0.220 e. The zero-order valence-corrected chi connectivity index (χ0v) is 13.4. The number of piperidine rings is 1. The summed E-state index contributed by atoms with van der Waals surface area (Å²) in [7, 11) is 0. The van der Waals surface area contributed by atoms with Gasteiger partial charge in [0.25, 0.3) is 0 Å². The first-order valence-corrected chi connectivity index (χ1v) is 7.89. The average Bonchev–Trinajstić information content (AvgIpc) is 2.54. The van der Waals surface area contributed by atoms with Gasteiger partial charge >= 0.3 is 0 Å². The molecule has 1 fully saturated rings. The molecule has 1 heterocycles. The van der Waals surface area contributed by atoms with Crippen molar-refractivity contribution in [3.05, 3.63) is 29.8 Å². The molecule has 0 aromatic heterocycles. The second-order valence-corrected chi connectivity index (χ2v) is 6.02. The Hall–Kier alpha value is -1.92. The number of Topliss-reactive ketones (excluding diaryl/α,β-unsaturated/α-hetero) is 1. The summed E-state index contributed by atoms with van der Waals surface area (Å²) in [5, 5.41) is 10.1. The summed E-state index contributed by atoms with van der Waals surface area (Å²) < 4.78 is 5.54. The number of hydrogen-bond acceptors (Lipinski definition) is 5. The van der Waals surface area contributed by atoms with E-state index in [1.807, 2.05) is 0 Å². The number of benzene rings is 1. The van der Waals surface area contributed by atoms with Gasteiger partial charge in [0.15, 0.2) is 5.78 Å². The lowest BCUT2D eigenvalue weighted by Gasteiger charge is -2.31. The Labute approximate surface area is 136 Å². The summed E-state index contributed by atoms with van der Waals surface area (Å²) in [6.45, 7) is 3.74. The molecule has 0 unspecified atom stereocenters. The van der Waals surface area contributed by atoms with Crippen molar-refractivity contribution in [2.45, 2.75) is 25.9 Å². The number of carbonyl (C=O) groups excluding carboxylic acids is 2. The summed E-state index contributed by atoms with van der Waals surface area (Å²) in [4.78, 5) is 24.4. The number of rotatable bonds is 7. The Morgan fingerprint density at radius 3 is 2.43 bits per heavy atom. The quantitative estimate of drug-likeness (QED) is 0.726. The van der Waals surface area contributed by atoms with Gasteiger partial charge in [-0.1, -0.05) is 0 Å². The minimum atomic E-state index is -0.604. The number of nitrogens with two attached hydrogens (primary N) is 1. The summed E-state index contributed by atoms with van der Waals surface area (Å²) in [6, 6.07) is 6.86. The lowest BCUT2D eigenvalue weighted by molar-refractivity contribution is -0.123. The fourth-order valence-electron chi connectivity index (χ4n) is 2.73. The number of likely N-dealkylation sites (tertiary alicyclic amines) is 1. The van der Waals surface area contributed by atoms with Gasteiger partial charge in [0.2, 0.25) is 5.91 Å². The van der Waals surface area contributed by atoms with E-state index in [1.165, 1.54) is 6.92 Å². The molecule has 1 aromatic carbocycles. The van der Waals surface area contributed by atoms with Gasteiger partial charge in [-0.05, 0) is 57.1 Å². The third kappa shape index (κ3) is 5.33. The maximum atomic E-state index is 11.2. The molecule has 0 saturated carbocycles. The largest absolute Gasteiger partial charge is 0.491 e. The molecule has 1 saturated heterocycles. The highest BCUT2D eigenvalue weighted by Gasteiger charge is 2.24. The van der Waals surface area contributed by atoms with Crippen molar-refractivity contribution in [3.63, 3.8) is 0 Å². The zero-order chi connectivity index (χ0) is 16.8. The van der Waals surface area contributed by atoms with Crippen LogP contribution in [-0.2, 0) is 4.79 Å². The molecule has 1 aromatic rings. The first-order chi connectivity index (χ1) is 11.0. The van der Waals surface area contributed by atoms with Crippen molar-refractivity contribution in [3.8, 4) is 5.75 Å². The number of ketones is 1. The van der Waals surface area contributed by atoms with Crippen LogP contribution in [0.1, 0.15) is 30.1 Å². The van der Waals surface area contributed by atoms with Gasteiger partial charge in [0, 0.05) is 18.0 Å². The number of primary amides is 1. The SMILES string of the molecule is CC(=O)c1ccc(OC[C@@H](O)CN2CCC(C(N)=O)CC2)cc1. The minimum Gasteiger partial charge on any atom is -0.491 e. The first kappa shape index (κ1) is 17.4. The topological polar surface area (TPSA) is 92.9 Å². The van der Waals surface area contributed by atoms with Crippen LogP contribution in [0.4, 0.5) is 0 Å². The predicted octanol–water partition coefficient (Wildman–Crippen LogP) is 0.826. The molecular formula is C17H24N2O4. The lowest BCUT2D eigenvalue weighted by Crippen LogP contribution is -2.43. The Kier molecular flexibility index (Phi) is 6.12. The van der Waals surface area contributed by atoms with Crippen LogP contribution in [0.2, 0.25) is 0 Å². The van der Waals surface area contributed by atoms with E-state index >= 15 is 0 Å². The van der Waals surface area contributed by atoms with Crippen LogP contribution in [0.25, 0.3) is 0 Å². The fourth-order valence-corrected chi connectivity index (χ4v) is 2.73. The molecule has 1 aliphatic heterocycles. The van der Waals surface area contributed by atoms with Crippen LogP contribution in [0.3, 0.4) is 0 Å². The molecule has 0 bridgehead atoms. The molecule has 6 nitrogen and oxygen atoms in total. The molecule has 1 aliphatic rings. The Balaban J connectivity index is 1.72. The number of amides is 1. The van der Waals surface area contributed by atoms with E-state index < -0.39 is 6.10 Å². The van der Waals surface area contributed by atoms with Gasteiger partial charge in [0.1, 0.15) is 18.5 Å². The summed E-state index contributed by atoms with van der Waals surface area (Å²) in [6.07, 6.45) is 0.887. The van der Waals surface area contributed by atoms with Crippen molar-refractivity contribution >= 4 is 11.7 Å². The number of aliphatic hydroxyl groups is 1. The minimum absolute atomic E-state index is 0.0101. The third-order valence-corrected chi connectivity index (χ3v) is 4.16. The van der Waals surface area contributed by atoms with Crippen molar-refractivity contribution < 1.29 is 19.4 Å². The van der Waals surface area contributed by atoms with E-state index in [0.717, 1.165) is 25.9 Å². The Morgan fingerprint density at radius 1 is 1.30 bits per heavy atom. The molecular weight excluding hydrogens is 296 g/mol. The van der Waals surface area contributed by atoms with Crippen LogP contribution >= 0.6 is 0 Å². The molecule has 6 heteroatoms. The van der Waals surface area contributed by atoms with E-state index in [1.54, 1.807) is 24.3 Å². The number of hydrogen-bond donors (Lipinski definition) is 2. The molecule has 2 rings (SSSR count). The number of β-amino-alcohol motifs (C(OH)–C–C–N with tert-alkyl or cyclic N) is 1. The van der Waals surface area contributed by atoms with E-state index in [2.05, 4.69) is 4.90 Å². The first-order valence-electron chi connectivity index (χ1n) is 7.89. The van der Waals surface area contributed by atoms with Crippen LogP contribution in [-0.4, -0.2) is 54.0 Å². The van der Waals surface area contributed by atoms with E-state index in [0.29, 0.717) is 17.9 Å².